The largest absolute Gasteiger partial charge is 0.292 e. The van der Waals surface area contributed by atoms with Gasteiger partial charge in [-0.25, -0.2) is 5.01 Å². The van der Waals surface area contributed by atoms with E-state index in [1.807, 2.05) is 23.9 Å². The molecule has 5 heteroatoms. The second-order valence-corrected chi connectivity index (χ2v) is 11.7. The summed E-state index contributed by atoms with van der Waals surface area (Å²) < 4.78 is -1.09. The van der Waals surface area contributed by atoms with Crippen molar-refractivity contribution in [2.45, 2.75) is 22.8 Å². The highest BCUT2D eigenvalue weighted by Crippen LogP contribution is 2.70. The van der Waals surface area contributed by atoms with Crippen molar-refractivity contribution in [3.63, 3.8) is 0 Å². The average molecular weight is 493 g/mol. The van der Waals surface area contributed by atoms with E-state index in [1.165, 1.54) is 22.3 Å². The first-order valence-corrected chi connectivity index (χ1v) is 13.3. The number of rotatable bonds is 4. The van der Waals surface area contributed by atoms with Crippen LogP contribution in [0.25, 0.3) is 0 Å². The number of anilines is 1. The van der Waals surface area contributed by atoms with Crippen molar-refractivity contribution in [3.8, 4) is 0 Å². The van der Waals surface area contributed by atoms with E-state index in [0.29, 0.717) is 5.04 Å². The number of hydrogen-bond donors (Lipinski definition) is 0. The van der Waals surface area contributed by atoms with Gasteiger partial charge >= 0.3 is 0 Å². The number of ketones is 1. The molecule has 0 aromatic heterocycles. The van der Waals surface area contributed by atoms with E-state index in [1.54, 1.807) is 18.7 Å². The Balaban J connectivity index is 1.67. The maximum Gasteiger partial charge on any atom is 0.187 e. The Hall–Kier alpha value is -3.28. The first-order valence-electron chi connectivity index (χ1n) is 11.6. The number of para-hydroxylation sites is 1. The minimum absolute atomic E-state index is 0.0135. The second-order valence-electron chi connectivity index (χ2n) is 8.80. The Morgan fingerprint density at radius 2 is 1.29 bits per heavy atom. The van der Waals surface area contributed by atoms with Crippen LogP contribution in [0.4, 0.5) is 5.69 Å². The highest BCUT2D eigenvalue weighted by molar-refractivity contribution is 8.27. The Labute approximate surface area is 214 Å². The van der Waals surface area contributed by atoms with Crippen LogP contribution >= 0.6 is 23.5 Å². The lowest BCUT2D eigenvalue weighted by atomic mass is 9.82. The van der Waals surface area contributed by atoms with Crippen molar-refractivity contribution in [3.05, 3.63) is 137 Å². The van der Waals surface area contributed by atoms with Gasteiger partial charge < -0.3 is 0 Å². The molecule has 2 aliphatic heterocycles. The molecule has 0 saturated carbocycles. The Morgan fingerprint density at radius 1 is 0.743 bits per heavy atom. The Bertz CT molecular complexity index is 1410. The predicted octanol–water partition coefficient (Wildman–Crippen LogP) is 7.30. The fraction of sp³-hybridized carbons (Fsp3) is 0.133. The molecule has 0 unspecified atom stereocenters. The predicted molar refractivity (Wildman–Crippen MR) is 148 cm³/mol. The second kappa shape index (κ2) is 8.43. The Kier molecular flexibility index (Phi) is 5.35. The quantitative estimate of drug-likeness (QED) is 0.299. The van der Waals surface area contributed by atoms with Crippen LogP contribution in [-0.4, -0.2) is 10.8 Å². The van der Waals surface area contributed by atoms with Crippen LogP contribution in [0.2, 0.25) is 0 Å². The molecular weight excluding hydrogens is 468 g/mol. The minimum atomic E-state index is -0.630. The number of hydrazone groups is 1. The van der Waals surface area contributed by atoms with Gasteiger partial charge in [0.05, 0.1) is 10.4 Å². The fourth-order valence-corrected chi connectivity index (χ4v) is 8.61. The van der Waals surface area contributed by atoms with Gasteiger partial charge in [0, 0.05) is 12.5 Å². The van der Waals surface area contributed by atoms with Gasteiger partial charge in [0.25, 0.3) is 0 Å². The molecular formula is C30H24N2OS2. The molecule has 1 atom stereocenters. The molecule has 0 bridgehead atoms. The summed E-state index contributed by atoms with van der Waals surface area (Å²) in [5.41, 5.74) is 6.95. The van der Waals surface area contributed by atoms with Crippen LogP contribution in [0, 0.1) is 6.92 Å². The summed E-state index contributed by atoms with van der Waals surface area (Å²) in [7, 11) is 0. The topological polar surface area (TPSA) is 32.7 Å². The summed E-state index contributed by atoms with van der Waals surface area (Å²) in [6, 6.07) is 38.3. The number of carbonyl (C=O) groups excluding carboxylic acids is 1. The maximum absolute atomic E-state index is 12.7. The van der Waals surface area contributed by atoms with E-state index in [9.17, 15) is 4.79 Å². The van der Waals surface area contributed by atoms with Crippen molar-refractivity contribution in [1.29, 1.82) is 0 Å². The van der Waals surface area contributed by atoms with Crippen LogP contribution in [-0.2, 0) is 13.7 Å². The van der Waals surface area contributed by atoms with Crippen LogP contribution in [0.15, 0.2) is 114 Å². The van der Waals surface area contributed by atoms with E-state index >= 15 is 0 Å². The van der Waals surface area contributed by atoms with E-state index in [0.717, 1.165) is 11.3 Å². The number of thioether (sulfide) groups is 2. The third-order valence-electron chi connectivity index (χ3n) is 6.65. The summed E-state index contributed by atoms with van der Waals surface area (Å²) in [6.45, 7) is 3.70. The molecule has 0 amide bonds. The summed E-state index contributed by atoms with van der Waals surface area (Å²) in [5, 5.41) is 7.57. The molecule has 3 nitrogen and oxygen atoms in total. The highest BCUT2D eigenvalue weighted by atomic mass is 32.2. The highest BCUT2D eigenvalue weighted by Gasteiger charge is 2.61. The molecule has 1 spiro atoms. The van der Waals surface area contributed by atoms with Gasteiger partial charge in [-0.15, -0.1) is 0 Å². The van der Waals surface area contributed by atoms with Gasteiger partial charge in [-0.3, -0.25) is 4.79 Å². The molecule has 0 N–H and O–H groups in total. The maximum atomic E-state index is 12.7. The first kappa shape index (κ1) is 22.2. The first-order chi connectivity index (χ1) is 17.1. The normalized spacial score (nSPS) is 20.1. The van der Waals surface area contributed by atoms with Crippen molar-refractivity contribution in [1.82, 2.24) is 0 Å². The van der Waals surface area contributed by atoms with Gasteiger partial charge in [0.2, 0.25) is 0 Å². The molecule has 4 aromatic rings. The van der Waals surface area contributed by atoms with Crippen LogP contribution in [0.5, 0.6) is 0 Å². The average Bonchev–Trinajstić information content (AvgIpc) is 3.43. The number of benzene rings is 4. The van der Waals surface area contributed by atoms with E-state index in [-0.39, 0.29) is 5.78 Å². The fourth-order valence-electron chi connectivity index (χ4n) is 5.06. The van der Waals surface area contributed by atoms with Gasteiger partial charge in [-0.05, 0) is 35.2 Å². The molecule has 172 valence electrons. The van der Waals surface area contributed by atoms with E-state index < -0.39 is 8.95 Å². The van der Waals surface area contributed by atoms with Crippen LogP contribution < -0.4 is 5.01 Å². The van der Waals surface area contributed by atoms with Crippen LogP contribution in [0.1, 0.15) is 34.7 Å². The third-order valence-corrected chi connectivity index (χ3v) is 10.0. The molecule has 4 aromatic carbocycles. The molecule has 0 aliphatic carbocycles. The number of nitrogens with zero attached hydrogens (tertiary/aromatic N) is 2. The monoisotopic (exact) mass is 492 g/mol. The molecule has 0 fully saturated rings. The summed E-state index contributed by atoms with van der Waals surface area (Å²) in [6.07, 6.45) is 0. The number of hydrogen-bond acceptors (Lipinski definition) is 5. The molecule has 0 saturated heterocycles. The zero-order valence-corrected chi connectivity index (χ0v) is 21.1. The molecule has 0 radical (unpaired) electrons. The summed E-state index contributed by atoms with van der Waals surface area (Å²) in [4.78, 5) is 12.7. The zero-order chi connectivity index (χ0) is 24.0. The third kappa shape index (κ3) is 3.29. The van der Waals surface area contributed by atoms with Gasteiger partial charge in [-0.1, -0.05) is 127 Å². The number of fused-ring (bicyclic) bond motifs is 2. The number of carbonyl (C=O) groups is 1. The van der Waals surface area contributed by atoms with Crippen molar-refractivity contribution in [2.75, 3.05) is 5.01 Å². The lowest BCUT2D eigenvalue weighted by Crippen LogP contribution is -2.34. The lowest BCUT2D eigenvalue weighted by Gasteiger charge is -2.37. The zero-order valence-electron chi connectivity index (χ0n) is 19.5. The van der Waals surface area contributed by atoms with Crippen LogP contribution in [0.3, 0.4) is 0 Å². The van der Waals surface area contributed by atoms with Crippen molar-refractivity contribution >= 4 is 40.0 Å². The van der Waals surface area contributed by atoms with E-state index in [4.69, 9.17) is 5.10 Å². The van der Waals surface area contributed by atoms with Gasteiger partial charge in [-0.2, -0.15) is 5.10 Å². The number of aryl methyl sites for hydroxylation is 1. The summed E-state index contributed by atoms with van der Waals surface area (Å²) in [5.74, 6) is -0.0135. The standard InChI is InChI=1S/C30H24N2OS2/c1-21-13-9-12-20-27(21)32-30(34-28(31-32)22(2)33)26-19-11-10-18-25(26)29(35-30,23-14-5-3-6-15-23)24-16-7-4-8-17-24/h3-20H,1-2H3/t30-/m0/s1. The molecule has 2 aliphatic rings. The molecule has 35 heavy (non-hydrogen) atoms. The summed E-state index contributed by atoms with van der Waals surface area (Å²) >= 11 is 3.42. The smallest absolute Gasteiger partial charge is 0.187 e. The lowest BCUT2D eigenvalue weighted by molar-refractivity contribution is -0.110. The van der Waals surface area contributed by atoms with Crippen molar-refractivity contribution < 1.29 is 4.79 Å². The van der Waals surface area contributed by atoms with E-state index in [2.05, 4.69) is 109 Å². The Morgan fingerprint density at radius 3 is 1.89 bits per heavy atom. The molecule has 6 rings (SSSR count). The van der Waals surface area contributed by atoms with Crippen molar-refractivity contribution in [2.24, 2.45) is 5.10 Å². The minimum Gasteiger partial charge on any atom is -0.292 e. The van der Waals surface area contributed by atoms with Gasteiger partial charge in [0.1, 0.15) is 0 Å². The number of Topliss-reactive ketones (excluding diaryl/α,β-unsaturated/α-hetero) is 1. The molecule has 2 heterocycles. The SMILES string of the molecule is CC(=O)C1=NN(c2ccccc2C)[C@@]2(S1)SC(c1ccccc1)(c1ccccc1)c1ccccc12. The van der Waals surface area contributed by atoms with Gasteiger partial charge in [0.15, 0.2) is 15.0 Å².